The molecule has 2 aromatic rings. The van der Waals surface area contributed by atoms with E-state index in [0.717, 1.165) is 38.2 Å². The highest BCUT2D eigenvalue weighted by atomic mass is 16.5. The number of rotatable bonds is 9. The fourth-order valence-electron chi connectivity index (χ4n) is 3.96. The summed E-state index contributed by atoms with van der Waals surface area (Å²) in [5.74, 6) is 1.96. The summed E-state index contributed by atoms with van der Waals surface area (Å²) >= 11 is 0. The number of para-hydroxylation sites is 1. The van der Waals surface area contributed by atoms with Gasteiger partial charge in [0, 0.05) is 25.0 Å². The quantitative estimate of drug-likeness (QED) is 0.622. The van der Waals surface area contributed by atoms with Crippen LogP contribution in [0, 0.1) is 5.92 Å². The van der Waals surface area contributed by atoms with Gasteiger partial charge in [0.1, 0.15) is 11.5 Å². The van der Waals surface area contributed by atoms with Crippen LogP contribution >= 0.6 is 0 Å². The molecule has 31 heavy (non-hydrogen) atoms. The van der Waals surface area contributed by atoms with Crippen molar-refractivity contribution < 1.29 is 14.3 Å². The molecule has 168 valence electrons. The summed E-state index contributed by atoms with van der Waals surface area (Å²) in [6.45, 7) is 11.7. The fraction of sp³-hybridized carbons (Fsp3) is 0.500. The van der Waals surface area contributed by atoms with Crippen LogP contribution in [0.15, 0.2) is 48.5 Å². The Labute approximate surface area is 186 Å². The van der Waals surface area contributed by atoms with E-state index in [1.54, 1.807) is 0 Å². The minimum atomic E-state index is -0.0826. The number of benzene rings is 2. The molecule has 0 radical (unpaired) electrons. The maximum absolute atomic E-state index is 12.5. The van der Waals surface area contributed by atoms with Crippen LogP contribution in [0.5, 0.6) is 11.5 Å². The molecule has 1 aliphatic heterocycles. The van der Waals surface area contributed by atoms with Gasteiger partial charge in [0.25, 0.3) is 5.91 Å². The minimum absolute atomic E-state index is 0.0826. The molecule has 0 aromatic heterocycles. The van der Waals surface area contributed by atoms with Gasteiger partial charge in [-0.1, -0.05) is 24.3 Å². The lowest BCUT2D eigenvalue weighted by Gasteiger charge is -2.32. The van der Waals surface area contributed by atoms with Gasteiger partial charge in [-0.05, 0) is 76.9 Å². The Kier molecular flexibility index (Phi) is 8.35. The molecule has 1 atom stereocenters. The van der Waals surface area contributed by atoms with E-state index in [1.807, 2.05) is 52.0 Å². The Balaban J connectivity index is 1.53. The SMILES string of the molecule is CC(C)NC(=O)c1ccccc1OCC1CCCN(Cc2ccc(OC(C)C)cc2)C1. The summed E-state index contributed by atoms with van der Waals surface area (Å²) < 4.78 is 11.9. The molecule has 0 aliphatic carbocycles. The molecule has 1 heterocycles. The highest BCUT2D eigenvalue weighted by molar-refractivity contribution is 5.97. The third-order valence-electron chi connectivity index (χ3n) is 5.33. The third kappa shape index (κ3) is 7.28. The van der Waals surface area contributed by atoms with Gasteiger partial charge >= 0.3 is 0 Å². The molecule has 1 amide bonds. The number of nitrogens with one attached hydrogen (secondary N) is 1. The minimum Gasteiger partial charge on any atom is -0.492 e. The van der Waals surface area contributed by atoms with E-state index in [0.29, 0.717) is 23.8 Å². The summed E-state index contributed by atoms with van der Waals surface area (Å²) in [6, 6.07) is 16.0. The Bertz CT molecular complexity index is 833. The van der Waals surface area contributed by atoms with Crippen LogP contribution in [-0.2, 0) is 6.54 Å². The monoisotopic (exact) mass is 424 g/mol. The first-order chi connectivity index (χ1) is 14.9. The Hall–Kier alpha value is -2.53. The highest BCUT2D eigenvalue weighted by Gasteiger charge is 2.22. The molecule has 1 unspecified atom stereocenters. The second kappa shape index (κ2) is 11.2. The molecule has 3 rings (SSSR count). The fourth-order valence-corrected chi connectivity index (χ4v) is 3.96. The molecule has 5 nitrogen and oxygen atoms in total. The van der Waals surface area contributed by atoms with E-state index in [1.165, 1.54) is 5.56 Å². The number of piperidine rings is 1. The molecule has 2 aromatic carbocycles. The van der Waals surface area contributed by atoms with E-state index in [4.69, 9.17) is 9.47 Å². The van der Waals surface area contributed by atoms with Gasteiger partial charge in [-0.2, -0.15) is 0 Å². The summed E-state index contributed by atoms with van der Waals surface area (Å²) in [4.78, 5) is 15.0. The van der Waals surface area contributed by atoms with Crippen molar-refractivity contribution in [3.8, 4) is 11.5 Å². The molecule has 0 bridgehead atoms. The van der Waals surface area contributed by atoms with Gasteiger partial charge in [-0.25, -0.2) is 0 Å². The van der Waals surface area contributed by atoms with Crippen molar-refractivity contribution in [2.45, 2.75) is 59.2 Å². The Morgan fingerprint density at radius 3 is 2.55 bits per heavy atom. The summed E-state index contributed by atoms with van der Waals surface area (Å²) in [5.41, 5.74) is 1.90. The number of carbonyl (C=O) groups is 1. The first kappa shape index (κ1) is 23.1. The van der Waals surface area contributed by atoms with Gasteiger partial charge in [-0.3, -0.25) is 9.69 Å². The van der Waals surface area contributed by atoms with Crippen LogP contribution in [0.3, 0.4) is 0 Å². The van der Waals surface area contributed by atoms with E-state index in [-0.39, 0.29) is 18.1 Å². The van der Waals surface area contributed by atoms with Crippen molar-refractivity contribution in [1.82, 2.24) is 10.2 Å². The van der Waals surface area contributed by atoms with Gasteiger partial charge in [0.2, 0.25) is 0 Å². The van der Waals surface area contributed by atoms with Crippen LogP contribution < -0.4 is 14.8 Å². The Morgan fingerprint density at radius 1 is 1.10 bits per heavy atom. The molecular weight excluding hydrogens is 388 g/mol. The van der Waals surface area contributed by atoms with Crippen LogP contribution in [0.25, 0.3) is 0 Å². The second-order valence-electron chi connectivity index (χ2n) is 8.99. The van der Waals surface area contributed by atoms with Gasteiger partial charge in [0.05, 0.1) is 18.3 Å². The van der Waals surface area contributed by atoms with Crippen molar-refractivity contribution in [3.63, 3.8) is 0 Å². The predicted octanol–water partition coefficient (Wildman–Crippen LogP) is 4.90. The molecule has 1 N–H and O–H groups in total. The predicted molar refractivity (Wildman–Crippen MR) is 125 cm³/mol. The number of amides is 1. The third-order valence-corrected chi connectivity index (χ3v) is 5.33. The summed E-state index contributed by atoms with van der Waals surface area (Å²) in [5, 5.41) is 2.95. The molecule has 0 spiro atoms. The zero-order chi connectivity index (χ0) is 22.2. The lowest BCUT2D eigenvalue weighted by molar-refractivity contribution is 0.0932. The van der Waals surface area contributed by atoms with E-state index < -0.39 is 0 Å². The maximum atomic E-state index is 12.5. The highest BCUT2D eigenvalue weighted by Crippen LogP contribution is 2.23. The zero-order valence-electron chi connectivity index (χ0n) is 19.3. The number of ether oxygens (including phenoxy) is 2. The van der Waals surface area contributed by atoms with Gasteiger partial charge in [-0.15, -0.1) is 0 Å². The van der Waals surface area contributed by atoms with Crippen LogP contribution in [-0.4, -0.2) is 42.6 Å². The number of hydrogen-bond donors (Lipinski definition) is 1. The average Bonchev–Trinajstić information content (AvgIpc) is 2.73. The van der Waals surface area contributed by atoms with E-state index in [9.17, 15) is 4.79 Å². The van der Waals surface area contributed by atoms with Crippen molar-refractivity contribution >= 4 is 5.91 Å². The lowest BCUT2D eigenvalue weighted by Crippen LogP contribution is -2.37. The van der Waals surface area contributed by atoms with Gasteiger partial charge < -0.3 is 14.8 Å². The molecule has 1 fully saturated rings. The number of hydrogen-bond acceptors (Lipinski definition) is 4. The zero-order valence-corrected chi connectivity index (χ0v) is 19.3. The molecular formula is C26H36N2O3. The Morgan fingerprint density at radius 2 is 1.84 bits per heavy atom. The van der Waals surface area contributed by atoms with Crippen molar-refractivity contribution in [2.75, 3.05) is 19.7 Å². The standard InChI is InChI=1S/C26H36N2O3/c1-19(2)27-26(29)24-9-5-6-10-25(24)30-18-22-8-7-15-28(17-22)16-21-11-13-23(14-12-21)31-20(3)4/h5-6,9-14,19-20,22H,7-8,15-18H2,1-4H3,(H,27,29). The lowest BCUT2D eigenvalue weighted by atomic mass is 9.98. The van der Waals surface area contributed by atoms with Gasteiger partial charge in [0.15, 0.2) is 0 Å². The van der Waals surface area contributed by atoms with E-state index in [2.05, 4.69) is 34.5 Å². The maximum Gasteiger partial charge on any atom is 0.255 e. The topological polar surface area (TPSA) is 50.8 Å². The largest absolute Gasteiger partial charge is 0.492 e. The van der Waals surface area contributed by atoms with Crippen LogP contribution in [0.2, 0.25) is 0 Å². The van der Waals surface area contributed by atoms with Crippen LogP contribution in [0.1, 0.15) is 56.5 Å². The smallest absolute Gasteiger partial charge is 0.255 e. The molecule has 1 saturated heterocycles. The first-order valence-electron chi connectivity index (χ1n) is 11.4. The molecule has 0 saturated carbocycles. The number of carbonyl (C=O) groups excluding carboxylic acids is 1. The average molecular weight is 425 g/mol. The molecule has 1 aliphatic rings. The summed E-state index contributed by atoms with van der Waals surface area (Å²) in [7, 11) is 0. The second-order valence-corrected chi connectivity index (χ2v) is 8.99. The first-order valence-corrected chi connectivity index (χ1v) is 11.4. The van der Waals surface area contributed by atoms with Crippen molar-refractivity contribution in [2.24, 2.45) is 5.92 Å². The number of likely N-dealkylation sites (tertiary alicyclic amines) is 1. The summed E-state index contributed by atoms with van der Waals surface area (Å²) in [6.07, 6.45) is 2.51. The van der Waals surface area contributed by atoms with Crippen molar-refractivity contribution in [3.05, 3.63) is 59.7 Å². The molecule has 5 heteroatoms. The van der Waals surface area contributed by atoms with Crippen molar-refractivity contribution in [1.29, 1.82) is 0 Å². The number of nitrogens with zero attached hydrogens (tertiary/aromatic N) is 1. The van der Waals surface area contributed by atoms with Crippen LogP contribution in [0.4, 0.5) is 0 Å². The normalized spacial score (nSPS) is 17.0. The van der Waals surface area contributed by atoms with E-state index >= 15 is 0 Å².